The molecular formula is C15H20Cl3N3O-2. The molecule has 2 rings (SSSR count). The van der Waals surface area contributed by atoms with E-state index < -0.39 is 0 Å². The number of aromatic nitrogens is 2. The predicted molar refractivity (Wildman–Crippen MR) is 81.2 cm³/mol. The first-order valence-electron chi connectivity index (χ1n) is 6.87. The Bertz CT molecular complexity index is 521. The monoisotopic (exact) mass is 363 g/mol. The van der Waals surface area contributed by atoms with Crippen molar-refractivity contribution in [1.82, 2.24) is 14.9 Å². The third-order valence-corrected chi connectivity index (χ3v) is 3.25. The molecule has 124 valence electrons. The number of imidazole rings is 1. The van der Waals surface area contributed by atoms with Gasteiger partial charge in [-0.15, -0.1) is 0 Å². The average molecular weight is 365 g/mol. The summed E-state index contributed by atoms with van der Waals surface area (Å²) in [7, 11) is 0. The van der Waals surface area contributed by atoms with Crippen LogP contribution in [0.4, 0.5) is 0 Å². The van der Waals surface area contributed by atoms with Crippen LogP contribution in [-0.2, 0) is 13.1 Å². The molecule has 2 aromatic rings. The van der Waals surface area contributed by atoms with Crippen molar-refractivity contribution in [3.8, 4) is 5.75 Å². The minimum absolute atomic E-state index is 0. The van der Waals surface area contributed by atoms with Crippen LogP contribution in [0.5, 0.6) is 5.75 Å². The van der Waals surface area contributed by atoms with E-state index >= 15 is 0 Å². The van der Waals surface area contributed by atoms with Gasteiger partial charge in [0.15, 0.2) is 0 Å². The summed E-state index contributed by atoms with van der Waals surface area (Å²) in [5, 5.41) is 4.08. The largest absolute Gasteiger partial charge is 1.00 e. The number of nitrogens with zero attached hydrogens (tertiary/aromatic N) is 2. The van der Waals surface area contributed by atoms with Gasteiger partial charge in [0.2, 0.25) is 0 Å². The van der Waals surface area contributed by atoms with E-state index in [-0.39, 0.29) is 24.8 Å². The maximum atomic E-state index is 6.15. The van der Waals surface area contributed by atoms with E-state index in [0.29, 0.717) is 11.6 Å². The first kappa shape index (κ1) is 21.1. The smallest absolute Gasteiger partial charge is 0.137 e. The van der Waals surface area contributed by atoms with Crippen LogP contribution in [0.25, 0.3) is 0 Å². The quantitative estimate of drug-likeness (QED) is 0.512. The Morgan fingerprint density at radius 2 is 2.14 bits per heavy atom. The molecule has 0 spiro atoms. The Hall–Kier alpha value is -0.940. The molecule has 0 aliphatic heterocycles. The van der Waals surface area contributed by atoms with Gasteiger partial charge in [-0.1, -0.05) is 17.7 Å². The van der Waals surface area contributed by atoms with Gasteiger partial charge >= 0.3 is 0 Å². The van der Waals surface area contributed by atoms with Crippen molar-refractivity contribution >= 4 is 11.6 Å². The summed E-state index contributed by atoms with van der Waals surface area (Å²) in [4.78, 5) is 4.02. The fourth-order valence-electron chi connectivity index (χ4n) is 1.97. The second-order valence-electron chi connectivity index (χ2n) is 4.53. The summed E-state index contributed by atoms with van der Waals surface area (Å²) in [6, 6.07) is 5.92. The number of hydrogen-bond acceptors (Lipinski definition) is 3. The summed E-state index contributed by atoms with van der Waals surface area (Å²) in [6.45, 7) is 5.34. The number of rotatable bonds is 8. The van der Waals surface area contributed by atoms with Crippen LogP contribution in [0, 0.1) is 0 Å². The number of halogens is 3. The van der Waals surface area contributed by atoms with Crippen molar-refractivity contribution < 1.29 is 29.6 Å². The van der Waals surface area contributed by atoms with Crippen LogP contribution in [0.15, 0.2) is 36.9 Å². The Morgan fingerprint density at radius 1 is 1.32 bits per heavy atom. The lowest BCUT2D eigenvalue weighted by atomic mass is 10.2. The molecule has 1 aromatic heterocycles. The minimum atomic E-state index is 0. The third kappa shape index (κ3) is 6.88. The zero-order chi connectivity index (χ0) is 14.2. The number of nitrogens with one attached hydrogen (secondary N) is 1. The van der Waals surface area contributed by atoms with Gasteiger partial charge in [0.05, 0.1) is 18.0 Å². The van der Waals surface area contributed by atoms with E-state index in [4.69, 9.17) is 16.3 Å². The Labute approximate surface area is 149 Å². The lowest BCUT2D eigenvalue weighted by Crippen LogP contribution is -3.00. The third-order valence-electron chi connectivity index (χ3n) is 2.95. The molecule has 0 fully saturated rings. The maximum absolute atomic E-state index is 6.15. The lowest BCUT2D eigenvalue weighted by Gasteiger charge is -2.09. The summed E-state index contributed by atoms with van der Waals surface area (Å²) in [5.41, 5.74) is 1.17. The molecule has 0 aliphatic rings. The lowest BCUT2D eigenvalue weighted by molar-refractivity contribution is -0.00100. The van der Waals surface area contributed by atoms with Crippen molar-refractivity contribution in [3.05, 3.63) is 47.5 Å². The number of hydrogen-bond donors (Lipinski definition) is 1. The van der Waals surface area contributed by atoms with Crippen molar-refractivity contribution in [2.24, 2.45) is 0 Å². The van der Waals surface area contributed by atoms with E-state index in [0.717, 1.165) is 31.8 Å². The van der Waals surface area contributed by atoms with Gasteiger partial charge in [0.25, 0.3) is 0 Å². The van der Waals surface area contributed by atoms with Crippen molar-refractivity contribution in [2.75, 3.05) is 13.2 Å². The molecule has 1 N–H and O–H groups in total. The number of benzene rings is 1. The van der Waals surface area contributed by atoms with Gasteiger partial charge in [-0.2, -0.15) is 0 Å². The second kappa shape index (κ2) is 11.6. The molecule has 0 aliphatic carbocycles. The van der Waals surface area contributed by atoms with Gasteiger partial charge in [0, 0.05) is 25.5 Å². The van der Waals surface area contributed by atoms with Crippen LogP contribution in [0.3, 0.4) is 0 Å². The van der Waals surface area contributed by atoms with Gasteiger partial charge < -0.3 is 39.4 Å². The molecular weight excluding hydrogens is 345 g/mol. The second-order valence-corrected chi connectivity index (χ2v) is 4.94. The van der Waals surface area contributed by atoms with E-state index in [1.165, 1.54) is 5.56 Å². The standard InChI is InChI=1S/C15H20ClN3O.2ClH/c1-2-20-15-5-4-13(10-14(15)16)11-17-6-3-8-19-9-7-18-12-19;;/h4-5,7,9-10,12,17H,2-3,6,8,11H2,1H3;2*1H/p-2. The highest BCUT2D eigenvalue weighted by Crippen LogP contribution is 2.25. The molecule has 0 amide bonds. The van der Waals surface area contributed by atoms with Crippen LogP contribution < -0.4 is 34.9 Å². The Morgan fingerprint density at radius 3 is 2.77 bits per heavy atom. The van der Waals surface area contributed by atoms with Crippen LogP contribution in [0.2, 0.25) is 5.02 Å². The summed E-state index contributed by atoms with van der Waals surface area (Å²) >= 11 is 6.15. The molecule has 1 heterocycles. The predicted octanol–water partition coefficient (Wildman–Crippen LogP) is -2.88. The molecule has 1 aromatic carbocycles. The van der Waals surface area contributed by atoms with Crippen LogP contribution >= 0.6 is 11.6 Å². The van der Waals surface area contributed by atoms with Crippen molar-refractivity contribution in [3.63, 3.8) is 0 Å². The van der Waals surface area contributed by atoms with E-state index in [1.807, 2.05) is 37.6 Å². The van der Waals surface area contributed by atoms with E-state index in [2.05, 4.69) is 14.9 Å². The van der Waals surface area contributed by atoms with Gasteiger partial charge in [-0.3, -0.25) is 0 Å². The Balaban J connectivity index is 0.00000220. The SMILES string of the molecule is CCOc1ccc(CNCCCn2ccnc2)cc1Cl.[Cl-].[Cl-]. The first-order valence-corrected chi connectivity index (χ1v) is 7.25. The topological polar surface area (TPSA) is 39.1 Å². The molecule has 0 radical (unpaired) electrons. The zero-order valence-electron chi connectivity index (χ0n) is 12.4. The minimum Gasteiger partial charge on any atom is -1.00 e. The number of ether oxygens (including phenoxy) is 1. The highest BCUT2D eigenvalue weighted by Gasteiger charge is 2.02. The molecule has 0 bridgehead atoms. The van der Waals surface area contributed by atoms with Gasteiger partial charge in [0.1, 0.15) is 5.75 Å². The molecule has 7 heteroatoms. The highest BCUT2D eigenvalue weighted by atomic mass is 35.5. The van der Waals surface area contributed by atoms with Crippen molar-refractivity contribution in [2.45, 2.75) is 26.4 Å². The fourth-order valence-corrected chi connectivity index (χ4v) is 2.22. The molecule has 0 unspecified atom stereocenters. The molecule has 0 atom stereocenters. The summed E-state index contributed by atoms with van der Waals surface area (Å²) in [5.74, 6) is 0.748. The molecule has 4 nitrogen and oxygen atoms in total. The number of aryl methyl sites for hydroxylation is 1. The van der Waals surface area contributed by atoms with E-state index in [9.17, 15) is 0 Å². The molecule has 22 heavy (non-hydrogen) atoms. The normalized spacial score (nSPS) is 9.73. The van der Waals surface area contributed by atoms with Crippen LogP contribution in [-0.4, -0.2) is 22.7 Å². The van der Waals surface area contributed by atoms with Crippen LogP contribution in [0.1, 0.15) is 18.9 Å². The van der Waals surface area contributed by atoms with Gasteiger partial charge in [-0.25, -0.2) is 4.98 Å². The maximum Gasteiger partial charge on any atom is 0.137 e. The van der Waals surface area contributed by atoms with E-state index in [1.54, 1.807) is 6.20 Å². The molecule has 0 saturated carbocycles. The summed E-state index contributed by atoms with van der Waals surface area (Å²) in [6.07, 6.45) is 6.69. The zero-order valence-corrected chi connectivity index (χ0v) is 14.7. The average Bonchev–Trinajstić information content (AvgIpc) is 2.95. The highest BCUT2D eigenvalue weighted by molar-refractivity contribution is 6.32. The van der Waals surface area contributed by atoms with Gasteiger partial charge in [-0.05, 0) is 37.6 Å². The fraction of sp³-hybridized carbons (Fsp3) is 0.400. The first-order chi connectivity index (χ1) is 9.79. The Kier molecular flexibility index (Phi) is 11.1. The van der Waals surface area contributed by atoms with Crippen molar-refractivity contribution in [1.29, 1.82) is 0 Å². The molecule has 0 saturated heterocycles. The summed E-state index contributed by atoms with van der Waals surface area (Å²) < 4.78 is 7.49.